The zero-order valence-electron chi connectivity index (χ0n) is 12.6. The van der Waals surface area contributed by atoms with Crippen molar-refractivity contribution in [1.29, 1.82) is 0 Å². The summed E-state index contributed by atoms with van der Waals surface area (Å²) in [6, 6.07) is 2.50. The van der Waals surface area contributed by atoms with Gasteiger partial charge in [-0.3, -0.25) is 0 Å². The van der Waals surface area contributed by atoms with Gasteiger partial charge in [-0.2, -0.15) is 17.5 Å². The molecule has 0 aliphatic carbocycles. The lowest BCUT2D eigenvalue weighted by molar-refractivity contribution is -0.137. The second-order valence-corrected chi connectivity index (χ2v) is 7.57. The van der Waals surface area contributed by atoms with E-state index in [2.05, 4.69) is 5.32 Å². The molecule has 1 aromatic rings. The Morgan fingerprint density at radius 3 is 2.45 bits per heavy atom. The van der Waals surface area contributed by atoms with Crippen LogP contribution in [0, 0.1) is 6.92 Å². The van der Waals surface area contributed by atoms with Gasteiger partial charge in [0, 0.05) is 25.2 Å². The number of aryl methyl sites for hydroxylation is 1. The third-order valence-corrected chi connectivity index (χ3v) is 5.94. The van der Waals surface area contributed by atoms with Crippen LogP contribution in [-0.2, 0) is 16.2 Å². The number of halogens is 3. The highest BCUT2D eigenvalue weighted by Gasteiger charge is 2.36. The number of hydrogen-bond acceptors (Lipinski definition) is 3. The first-order chi connectivity index (χ1) is 10.0. The van der Waals surface area contributed by atoms with Gasteiger partial charge in [0.25, 0.3) is 0 Å². The predicted molar refractivity (Wildman–Crippen MR) is 77.0 cm³/mol. The van der Waals surface area contributed by atoms with Crippen molar-refractivity contribution in [2.75, 3.05) is 13.1 Å². The van der Waals surface area contributed by atoms with E-state index in [9.17, 15) is 21.6 Å². The number of alkyl halides is 3. The summed E-state index contributed by atoms with van der Waals surface area (Å²) < 4.78 is 64.9. The molecule has 1 aliphatic rings. The smallest absolute Gasteiger partial charge is 0.311 e. The molecule has 1 aromatic carbocycles. The van der Waals surface area contributed by atoms with Crippen LogP contribution in [0.4, 0.5) is 13.2 Å². The highest BCUT2D eigenvalue weighted by atomic mass is 32.2. The number of nitrogens with zero attached hydrogens (tertiary/aromatic N) is 1. The molecule has 1 heterocycles. The third kappa shape index (κ3) is 3.28. The maximum atomic E-state index is 12.7. The molecule has 0 spiro atoms. The molecule has 2 rings (SSSR count). The predicted octanol–water partition coefficient (Wildman–Crippen LogP) is 2.38. The minimum atomic E-state index is -4.48. The fourth-order valence-electron chi connectivity index (χ4n) is 2.56. The monoisotopic (exact) mass is 336 g/mol. The van der Waals surface area contributed by atoms with E-state index in [1.54, 1.807) is 6.92 Å². The summed E-state index contributed by atoms with van der Waals surface area (Å²) in [5.41, 5.74) is -0.737. The molecule has 124 valence electrons. The summed E-state index contributed by atoms with van der Waals surface area (Å²) in [5.74, 6) is 0. The summed E-state index contributed by atoms with van der Waals surface area (Å²) in [6.07, 6.45) is -4.48. The van der Waals surface area contributed by atoms with Gasteiger partial charge in [0.15, 0.2) is 0 Å². The summed E-state index contributed by atoms with van der Waals surface area (Å²) >= 11 is 0. The average Bonchev–Trinajstić information content (AvgIpc) is 2.40. The largest absolute Gasteiger partial charge is 0.416 e. The zero-order chi connectivity index (χ0) is 16.7. The SMILES string of the molecule is Cc1cc(C(F)(F)F)ccc1S(=O)(=O)N1CC(C)NCC1C. The van der Waals surface area contributed by atoms with E-state index in [1.165, 1.54) is 11.2 Å². The number of hydrogen-bond donors (Lipinski definition) is 1. The van der Waals surface area contributed by atoms with E-state index in [-0.39, 0.29) is 22.5 Å². The van der Waals surface area contributed by atoms with Crippen molar-refractivity contribution in [2.24, 2.45) is 0 Å². The Hall–Kier alpha value is -1.12. The van der Waals surface area contributed by atoms with Gasteiger partial charge in [-0.05, 0) is 44.5 Å². The van der Waals surface area contributed by atoms with Gasteiger partial charge < -0.3 is 5.32 Å². The molecule has 1 N–H and O–H groups in total. The second-order valence-electron chi connectivity index (χ2n) is 5.71. The number of nitrogens with one attached hydrogen (secondary N) is 1. The molecule has 0 bridgehead atoms. The lowest BCUT2D eigenvalue weighted by Crippen LogP contribution is -2.56. The lowest BCUT2D eigenvalue weighted by atomic mass is 10.1. The minimum Gasteiger partial charge on any atom is -0.311 e. The molecule has 8 heteroatoms. The van der Waals surface area contributed by atoms with E-state index in [1.807, 2.05) is 6.92 Å². The molecule has 2 unspecified atom stereocenters. The molecule has 0 aromatic heterocycles. The van der Waals surface area contributed by atoms with Gasteiger partial charge in [-0.25, -0.2) is 8.42 Å². The Bertz CT molecular complexity index is 659. The highest BCUT2D eigenvalue weighted by Crippen LogP contribution is 2.32. The Morgan fingerprint density at radius 1 is 1.27 bits per heavy atom. The average molecular weight is 336 g/mol. The highest BCUT2D eigenvalue weighted by molar-refractivity contribution is 7.89. The van der Waals surface area contributed by atoms with Crippen LogP contribution in [0.1, 0.15) is 25.0 Å². The van der Waals surface area contributed by atoms with Crippen molar-refractivity contribution in [1.82, 2.24) is 9.62 Å². The first-order valence-electron chi connectivity index (χ1n) is 6.96. The molecule has 2 atom stereocenters. The third-order valence-electron chi connectivity index (χ3n) is 3.80. The number of rotatable bonds is 2. The first-order valence-corrected chi connectivity index (χ1v) is 8.40. The fourth-order valence-corrected chi connectivity index (χ4v) is 4.49. The van der Waals surface area contributed by atoms with Crippen molar-refractivity contribution in [3.63, 3.8) is 0 Å². The van der Waals surface area contributed by atoms with Gasteiger partial charge in [-0.15, -0.1) is 0 Å². The van der Waals surface area contributed by atoms with E-state index in [0.29, 0.717) is 13.1 Å². The second kappa shape index (κ2) is 5.82. The van der Waals surface area contributed by atoms with Gasteiger partial charge in [0.2, 0.25) is 10.0 Å². The summed E-state index contributed by atoms with van der Waals surface area (Å²) in [6.45, 7) is 5.84. The first kappa shape index (κ1) is 17.2. The zero-order valence-corrected chi connectivity index (χ0v) is 13.4. The molecule has 0 amide bonds. The van der Waals surface area contributed by atoms with Crippen LogP contribution >= 0.6 is 0 Å². The standard InChI is InChI=1S/C14H19F3N2O2S/c1-9-6-12(14(15,16)17)4-5-13(9)22(20,21)19-8-10(2)18-7-11(19)3/h4-6,10-11,18H,7-8H2,1-3H3. The molecule has 1 aliphatic heterocycles. The van der Waals surface area contributed by atoms with Crippen LogP contribution in [-0.4, -0.2) is 37.9 Å². The molecular weight excluding hydrogens is 317 g/mol. The van der Waals surface area contributed by atoms with Crippen LogP contribution < -0.4 is 5.32 Å². The van der Waals surface area contributed by atoms with Crippen LogP contribution in [0.25, 0.3) is 0 Å². The van der Waals surface area contributed by atoms with Crippen molar-refractivity contribution in [3.05, 3.63) is 29.3 Å². The molecule has 1 saturated heterocycles. The van der Waals surface area contributed by atoms with Crippen LogP contribution in [0.5, 0.6) is 0 Å². The minimum absolute atomic E-state index is 0.000675. The molecule has 0 radical (unpaired) electrons. The van der Waals surface area contributed by atoms with Gasteiger partial charge in [0.05, 0.1) is 10.5 Å². The van der Waals surface area contributed by atoms with E-state index < -0.39 is 21.8 Å². The Balaban J connectivity index is 2.41. The van der Waals surface area contributed by atoms with Crippen LogP contribution in [0.3, 0.4) is 0 Å². The van der Waals surface area contributed by atoms with Gasteiger partial charge in [-0.1, -0.05) is 0 Å². The van der Waals surface area contributed by atoms with E-state index in [4.69, 9.17) is 0 Å². The maximum absolute atomic E-state index is 12.7. The maximum Gasteiger partial charge on any atom is 0.416 e. The van der Waals surface area contributed by atoms with E-state index in [0.717, 1.165) is 18.2 Å². The van der Waals surface area contributed by atoms with E-state index >= 15 is 0 Å². The number of sulfonamides is 1. The summed E-state index contributed by atoms with van der Waals surface area (Å²) in [4.78, 5) is -0.0681. The topological polar surface area (TPSA) is 49.4 Å². The lowest BCUT2D eigenvalue weighted by Gasteiger charge is -2.36. The molecular formula is C14H19F3N2O2S. The Morgan fingerprint density at radius 2 is 1.91 bits per heavy atom. The van der Waals surface area contributed by atoms with Crippen molar-refractivity contribution in [2.45, 2.75) is 43.9 Å². The van der Waals surface area contributed by atoms with Crippen LogP contribution in [0.2, 0.25) is 0 Å². The summed E-state index contributed by atoms with van der Waals surface area (Å²) in [5, 5.41) is 3.17. The molecule has 22 heavy (non-hydrogen) atoms. The normalized spacial score (nSPS) is 24.5. The van der Waals surface area contributed by atoms with Crippen molar-refractivity contribution < 1.29 is 21.6 Å². The molecule has 4 nitrogen and oxygen atoms in total. The number of piperazine rings is 1. The van der Waals surface area contributed by atoms with Gasteiger partial charge in [0.1, 0.15) is 0 Å². The quantitative estimate of drug-likeness (QED) is 0.902. The fraction of sp³-hybridized carbons (Fsp3) is 0.571. The Labute approximate surface area is 128 Å². The van der Waals surface area contributed by atoms with Crippen molar-refractivity contribution in [3.8, 4) is 0 Å². The van der Waals surface area contributed by atoms with Crippen LogP contribution in [0.15, 0.2) is 23.1 Å². The molecule has 1 fully saturated rings. The molecule has 0 saturated carbocycles. The Kier molecular flexibility index (Phi) is 4.56. The number of benzene rings is 1. The van der Waals surface area contributed by atoms with Crippen molar-refractivity contribution >= 4 is 10.0 Å². The van der Waals surface area contributed by atoms with Gasteiger partial charge >= 0.3 is 6.18 Å². The summed E-state index contributed by atoms with van der Waals surface area (Å²) in [7, 11) is -3.81.